The van der Waals surface area contributed by atoms with Crippen LogP contribution in [0.15, 0.2) is 0 Å². The van der Waals surface area contributed by atoms with Crippen molar-refractivity contribution in [2.75, 3.05) is 19.7 Å². The molecule has 26 heavy (non-hydrogen) atoms. The third-order valence-electron chi connectivity index (χ3n) is 6.10. The number of amides is 1. The SMILES string of the molecule is CCCCO[C@@H]1C[C@@H](NC(=O)c2nnn(C3CCNCC3)c2C)C1(C)C. The van der Waals surface area contributed by atoms with Gasteiger partial charge in [0, 0.05) is 18.1 Å². The zero-order chi connectivity index (χ0) is 18.7. The molecular formula is C19H33N5O2. The van der Waals surface area contributed by atoms with Gasteiger partial charge in [0.05, 0.1) is 17.8 Å². The largest absolute Gasteiger partial charge is 0.378 e. The third-order valence-corrected chi connectivity index (χ3v) is 6.10. The Morgan fingerprint density at radius 2 is 2.12 bits per heavy atom. The lowest BCUT2D eigenvalue weighted by Gasteiger charge is -2.51. The summed E-state index contributed by atoms with van der Waals surface area (Å²) in [6.07, 6.45) is 5.35. The summed E-state index contributed by atoms with van der Waals surface area (Å²) in [7, 11) is 0. The van der Waals surface area contributed by atoms with Crippen molar-refractivity contribution in [3.8, 4) is 0 Å². The quantitative estimate of drug-likeness (QED) is 0.726. The van der Waals surface area contributed by atoms with Crippen LogP contribution in [0.3, 0.4) is 0 Å². The summed E-state index contributed by atoms with van der Waals surface area (Å²) in [5.74, 6) is -0.118. The van der Waals surface area contributed by atoms with E-state index in [9.17, 15) is 4.79 Å². The van der Waals surface area contributed by atoms with Crippen LogP contribution >= 0.6 is 0 Å². The number of carbonyl (C=O) groups excluding carboxylic acids is 1. The Bertz CT molecular complexity index is 621. The number of nitrogens with one attached hydrogen (secondary N) is 2. The van der Waals surface area contributed by atoms with E-state index in [1.165, 1.54) is 0 Å². The lowest BCUT2D eigenvalue weighted by Crippen LogP contribution is -2.62. The molecule has 1 saturated heterocycles. The Balaban J connectivity index is 1.58. The number of rotatable bonds is 7. The minimum absolute atomic E-state index is 0.0532. The minimum Gasteiger partial charge on any atom is -0.378 e. The fraction of sp³-hybridized carbons (Fsp3) is 0.842. The number of unbranched alkanes of at least 4 members (excludes halogenated alkanes) is 1. The van der Waals surface area contributed by atoms with Crippen LogP contribution in [-0.4, -0.2) is 52.7 Å². The highest BCUT2D eigenvalue weighted by atomic mass is 16.5. The molecule has 2 heterocycles. The van der Waals surface area contributed by atoms with E-state index in [1.807, 2.05) is 11.6 Å². The van der Waals surface area contributed by atoms with Crippen LogP contribution in [0.5, 0.6) is 0 Å². The van der Waals surface area contributed by atoms with E-state index >= 15 is 0 Å². The Kier molecular flexibility index (Phi) is 5.97. The molecule has 2 atom stereocenters. The first kappa shape index (κ1) is 19.3. The Morgan fingerprint density at radius 3 is 2.77 bits per heavy atom. The molecule has 0 unspecified atom stereocenters. The summed E-state index contributed by atoms with van der Waals surface area (Å²) in [4.78, 5) is 12.7. The van der Waals surface area contributed by atoms with Gasteiger partial charge in [-0.2, -0.15) is 0 Å². The van der Waals surface area contributed by atoms with Gasteiger partial charge in [-0.05, 0) is 45.7 Å². The summed E-state index contributed by atoms with van der Waals surface area (Å²) < 4.78 is 7.90. The molecule has 0 radical (unpaired) electrons. The molecule has 1 aliphatic carbocycles. The average molecular weight is 364 g/mol. The molecule has 146 valence electrons. The van der Waals surface area contributed by atoms with Crippen LogP contribution in [0.25, 0.3) is 0 Å². The molecule has 2 fully saturated rings. The van der Waals surface area contributed by atoms with Gasteiger partial charge in [-0.25, -0.2) is 4.68 Å². The normalized spacial score (nSPS) is 25.7. The van der Waals surface area contributed by atoms with Crippen molar-refractivity contribution in [3.05, 3.63) is 11.4 Å². The van der Waals surface area contributed by atoms with Gasteiger partial charge in [-0.1, -0.05) is 32.4 Å². The van der Waals surface area contributed by atoms with Gasteiger partial charge in [0.25, 0.3) is 5.91 Å². The Hall–Kier alpha value is -1.47. The van der Waals surface area contributed by atoms with Gasteiger partial charge in [-0.3, -0.25) is 4.79 Å². The van der Waals surface area contributed by atoms with Gasteiger partial charge in [0.1, 0.15) is 0 Å². The third kappa shape index (κ3) is 3.78. The van der Waals surface area contributed by atoms with Crippen LogP contribution in [0, 0.1) is 12.3 Å². The van der Waals surface area contributed by atoms with Crippen LogP contribution in [0.1, 0.15) is 75.1 Å². The van der Waals surface area contributed by atoms with Gasteiger partial charge < -0.3 is 15.4 Å². The summed E-state index contributed by atoms with van der Waals surface area (Å²) in [5, 5.41) is 15.0. The molecule has 1 saturated carbocycles. The van der Waals surface area contributed by atoms with Crippen molar-refractivity contribution in [1.29, 1.82) is 0 Å². The maximum atomic E-state index is 12.7. The van der Waals surface area contributed by atoms with Gasteiger partial charge in [0.2, 0.25) is 0 Å². The highest BCUT2D eigenvalue weighted by Crippen LogP contribution is 2.43. The number of hydrogen-bond acceptors (Lipinski definition) is 5. The van der Waals surface area contributed by atoms with Crippen molar-refractivity contribution in [1.82, 2.24) is 25.6 Å². The second-order valence-corrected chi connectivity index (χ2v) is 8.25. The zero-order valence-corrected chi connectivity index (χ0v) is 16.5. The topological polar surface area (TPSA) is 81.1 Å². The lowest BCUT2D eigenvalue weighted by molar-refractivity contribution is -0.115. The van der Waals surface area contributed by atoms with Crippen LogP contribution in [0.2, 0.25) is 0 Å². The molecule has 1 aliphatic heterocycles. The second kappa shape index (κ2) is 8.05. The molecular weight excluding hydrogens is 330 g/mol. The van der Waals surface area contributed by atoms with Gasteiger partial charge in [0.15, 0.2) is 5.69 Å². The number of nitrogens with zero attached hydrogens (tertiary/aromatic N) is 3. The van der Waals surface area contributed by atoms with E-state index in [-0.39, 0.29) is 23.5 Å². The highest BCUT2D eigenvalue weighted by molar-refractivity contribution is 5.93. The molecule has 0 aromatic carbocycles. The number of ether oxygens (including phenoxy) is 1. The predicted octanol–water partition coefficient (Wildman–Crippen LogP) is 2.22. The maximum Gasteiger partial charge on any atom is 0.273 e. The molecule has 2 N–H and O–H groups in total. The fourth-order valence-electron chi connectivity index (χ4n) is 3.96. The molecule has 7 heteroatoms. The van der Waals surface area contributed by atoms with E-state index in [0.29, 0.717) is 11.7 Å². The fourth-order valence-corrected chi connectivity index (χ4v) is 3.96. The van der Waals surface area contributed by atoms with Crippen molar-refractivity contribution in [2.24, 2.45) is 5.41 Å². The zero-order valence-electron chi connectivity index (χ0n) is 16.5. The monoisotopic (exact) mass is 363 g/mol. The summed E-state index contributed by atoms with van der Waals surface area (Å²) in [5.41, 5.74) is 1.26. The van der Waals surface area contributed by atoms with Gasteiger partial charge >= 0.3 is 0 Å². The second-order valence-electron chi connectivity index (χ2n) is 8.25. The molecule has 1 amide bonds. The molecule has 1 aromatic heterocycles. The summed E-state index contributed by atoms with van der Waals surface area (Å²) in [6, 6.07) is 0.451. The Labute approximate surface area is 156 Å². The van der Waals surface area contributed by atoms with Crippen molar-refractivity contribution in [3.63, 3.8) is 0 Å². The predicted molar refractivity (Wildman–Crippen MR) is 100 cm³/mol. The smallest absolute Gasteiger partial charge is 0.273 e. The molecule has 0 bridgehead atoms. The Morgan fingerprint density at radius 1 is 1.38 bits per heavy atom. The number of aromatic nitrogens is 3. The lowest BCUT2D eigenvalue weighted by atomic mass is 9.64. The van der Waals surface area contributed by atoms with Crippen LogP contribution in [-0.2, 0) is 4.74 Å². The van der Waals surface area contributed by atoms with E-state index < -0.39 is 0 Å². The highest BCUT2D eigenvalue weighted by Gasteiger charge is 2.49. The minimum atomic E-state index is -0.118. The first-order valence-corrected chi connectivity index (χ1v) is 10.00. The van der Waals surface area contributed by atoms with Crippen molar-refractivity contribution >= 4 is 5.91 Å². The van der Waals surface area contributed by atoms with E-state index in [0.717, 1.165) is 57.5 Å². The molecule has 0 spiro atoms. The van der Waals surface area contributed by atoms with Crippen LogP contribution in [0.4, 0.5) is 0 Å². The maximum absolute atomic E-state index is 12.7. The molecule has 7 nitrogen and oxygen atoms in total. The average Bonchev–Trinajstić information content (AvgIpc) is 3.02. The van der Waals surface area contributed by atoms with E-state index in [2.05, 4.69) is 41.7 Å². The molecule has 2 aliphatic rings. The number of hydrogen-bond donors (Lipinski definition) is 2. The number of carbonyl (C=O) groups is 1. The van der Waals surface area contributed by atoms with Crippen molar-refractivity contribution < 1.29 is 9.53 Å². The number of piperidine rings is 1. The van der Waals surface area contributed by atoms with E-state index in [4.69, 9.17) is 4.74 Å². The van der Waals surface area contributed by atoms with Gasteiger partial charge in [-0.15, -0.1) is 5.10 Å². The summed E-state index contributed by atoms with van der Waals surface area (Å²) >= 11 is 0. The van der Waals surface area contributed by atoms with E-state index in [1.54, 1.807) is 0 Å². The molecule has 1 aromatic rings. The summed E-state index contributed by atoms with van der Waals surface area (Å²) in [6.45, 7) is 11.2. The first-order chi connectivity index (χ1) is 12.4. The van der Waals surface area contributed by atoms with Crippen LogP contribution < -0.4 is 10.6 Å². The standard InChI is InChI=1S/C19H33N5O2/c1-5-6-11-26-16-12-15(19(16,3)4)21-18(25)17-13(2)24(23-22-17)14-7-9-20-10-8-14/h14-16,20H,5-12H2,1-4H3,(H,21,25)/t15-,16-/m1/s1. The van der Waals surface area contributed by atoms with Crippen molar-refractivity contribution in [2.45, 2.75) is 78.0 Å². The first-order valence-electron chi connectivity index (χ1n) is 10.00. The molecule has 3 rings (SSSR count).